The molecule has 2 rings (SSSR count). The molecule has 0 radical (unpaired) electrons. The third-order valence-electron chi connectivity index (χ3n) is 2.57. The monoisotopic (exact) mass is 329 g/mol. The minimum Gasteiger partial charge on any atom is -0.492 e. The van der Waals surface area contributed by atoms with Crippen LogP contribution in [0.5, 0.6) is 5.75 Å². The van der Waals surface area contributed by atoms with Crippen molar-refractivity contribution < 1.29 is 8.95 Å². The first-order chi connectivity index (χ1) is 8.38. The van der Waals surface area contributed by atoms with Crippen molar-refractivity contribution >= 4 is 32.6 Å². The fourth-order valence-electron chi connectivity index (χ4n) is 1.58. The molecule has 1 atom stereocenters. The minimum absolute atomic E-state index is 0.336. The topological polar surface area (TPSA) is 38.7 Å². The molecule has 0 saturated carbocycles. The van der Waals surface area contributed by atoms with Crippen molar-refractivity contribution in [2.24, 2.45) is 4.40 Å². The molecule has 1 aromatic rings. The summed E-state index contributed by atoms with van der Waals surface area (Å²) in [4.78, 5) is 0. The van der Waals surface area contributed by atoms with Crippen LogP contribution in [0.2, 0.25) is 0 Å². The van der Waals surface area contributed by atoms with E-state index < -0.39 is 11.0 Å². The molecule has 1 heterocycles. The van der Waals surface area contributed by atoms with Crippen LogP contribution in [0, 0.1) is 0 Å². The number of hydrogen-bond acceptors (Lipinski definition) is 2. The van der Waals surface area contributed by atoms with Gasteiger partial charge in [0.25, 0.3) is 0 Å². The lowest BCUT2D eigenvalue weighted by molar-refractivity contribution is 0.320. The van der Waals surface area contributed by atoms with Gasteiger partial charge in [-0.25, -0.2) is 4.21 Å². The molecule has 0 N–H and O–H groups in total. The summed E-state index contributed by atoms with van der Waals surface area (Å²) in [7, 11) is -1.23. The van der Waals surface area contributed by atoms with E-state index in [2.05, 4.69) is 20.3 Å². The Labute approximate surface area is 118 Å². The molecule has 0 aliphatic carbocycles. The van der Waals surface area contributed by atoms with E-state index in [1.807, 2.05) is 39.0 Å². The van der Waals surface area contributed by atoms with Gasteiger partial charge in [0, 0.05) is 16.5 Å². The number of fused-ring (bicyclic) bond motifs is 1. The normalized spacial score (nSPS) is 19.2. The van der Waals surface area contributed by atoms with Gasteiger partial charge in [0.1, 0.15) is 16.7 Å². The predicted molar refractivity (Wildman–Crippen MR) is 78.7 cm³/mol. The average molecular weight is 330 g/mol. The zero-order chi connectivity index (χ0) is 13.3. The highest BCUT2D eigenvalue weighted by Crippen LogP contribution is 2.29. The molecule has 18 heavy (non-hydrogen) atoms. The van der Waals surface area contributed by atoms with Crippen molar-refractivity contribution in [2.45, 2.75) is 31.9 Å². The Morgan fingerprint density at radius 2 is 2.11 bits per heavy atom. The molecule has 0 saturated heterocycles. The first kappa shape index (κ1) is 13.7. The van der Waals surface area contributed by atoms with Gasteiger partial charge in [-0.05, 0) is 39.0 Å². The van der Waals surface area contributed by atoms with Gasteiger partial charge in [-0.2, -0.15) is 4.40 Å². The van der Waals surface area contributed by atoms with Crippen LogP contribution in [-0.4, -0.2) is 21.3 Å². The third kappa shape index (κ3) is 3.01. The summed E-state index contributed by atoms with van der Waals surface area (Å²) < 4.78 is 22.7. The van der Waals surface area contributed by atoms with Crippen molar-refractivity contribution in [1.82, 2.24) is 0 Å². The molecule has 0 spiro atoms. The molecular formula is C13H16BrNO2S. The Bertz CT molecular complexity index is 520. The summed E-state index contributed by atoms with van der Waals surface area (Å²) in [6.45, 7) is 6.37. The summed E-state index contributed by atoms with van der Waals surface area (Å²) in [5.41, 5.74) is 1.80. The Morgan fingerprint density at radius 1 is 1.39 bits per heavy atom. The largest absolute Gasteiger partial charge is 0.492 e. The van der Waals surface area contributed by atoms with Crippen LogP contribution in [0.4, 0.5) is 0 Å². The van der Waals surface area contributed by atoms with Crippen LogP contribution in [0.1, 0.15) is 32.8 Å². The maximum atomic E-state index is 12.1. The first-order valence-corrected chi connectivity index (χ1v) is 7.70. The summed E-state index contributed by atoms with van der Waals surface area (Å²) in [5, 5.41) is 0. The highest BCUT2D eigenvalue weighted by molar-refractivity contribution is 9.10. The Hall–Kier alpha value is -0.680. The Kier molecular flexibility index (Phi) is 3.92. The van der Waals surface area contributed by atoms with Crippen molar-refractivity contribution in [1.29, 1.82) is 0 Å². The molecule has 5 heteroatoms. The number of halogens is 1. The van der Waals surface area contributed by atoms with Crippen molar-refractivity contribution in [3.63, 3.8) is 0 Å². The summed E-state index contributed by atoms with van der Waals surface area (Å²) >= 11 is 3.44. The lowest BCUT2D eigenvalue weighted by Crippen LogP contribution is -2.23. The van der Waals surface area contributed by atoms with Gasteiger partial charge in [-0.1, -0.05) is 15.9 Å². The third-order valence-corrected chi connectivity index (χ3v) is 4.49. The summed E-state index contributed by atoms with van der Waals surface area (Å²) in [6, 6.07) is 5.81. The first-order valence-electron chi connectivity index (χ1n) is 5.80. The fourth-order valence-corrected chi connectivity index (χ4v) is 2.60. The van der Waals surface area contributed by atoms with E-state index in [1.54, 1.807) is 0 Å². The number of rotatable bonds is 1. The summed E-state index contributed by atoms with van der Waals surface area (Å²) in [6.07, 6.45) is 0.700. The molecule has 0 aromatic heterocycles. The second-order valence-corrected chi connectivity index (χ2v) is 7.96. The van der Waals surface area contributed by atoms with E-state index in [9.17, 15) is 4.21 Å². The van der Waals surface area contributed by atoms with E-state index >= 15 is 0 Å². The quantitative estimate of drug-likeness (QED) is 0.791. The van der Waals surface area contributed by atoms with Gasteiger partial charge in [0.2, 0.25) is 0 Å². The van der Waals surface area contributed by atoms with Crippen LogP contribution < -0.4 is 4.74 Å². The van der Waals surface area contributed by atoms with Gasteiger partial charge in [0.15, 0.2) is 0 Å². The molecule has 0 amide bonds. The van der Waals surface area contributed by atoms with Gasteiger partial charge in [-0.15, -0.1) is 0 Å². The van der Waals surface area contributed by atoms with Crippen molar-refractivity contribution in [3.05, 3.63) is 28.2 Å². The molecule has 0 unspecified atom stereocenters. The minimum atomic E-state index is -1.23. The predicted octanol–water partition coefficient (Wildman–Crippen LogP) is 3.48. The smallest absolute Gasteiger partial charge is 0.145 e. The molecule has 0 fully saturated rings. The molecule has 1 aromatic carbocycles. The van der Waals surface area contributed by atoms with Gasteiger partial charge < -0.3 is 4.74 Å². The Morgan fingerprint density at radius 3 is 2.78 bits per heavy atom. The molecule has 98 valence electrons. The van der Waals surface area contributed by atoms with Crippen molar-refractivity contribution in [3.8, 4) is 5.75 Å². The number of ether oxygens (including phenoxy) is 1. The zero-order valence-electron chi connectivity index (χ0n) is 10.7. The average Bonchev–Trinajstić information content (AvgIpc) is 2.28. The number of nitrogens with zero attached hydrogens (tertiary/aromatic N) is 1. The van der Waals surface area contributed by atoms with E-state index in [0.717, 1.165) is 21.5 Å². The van der Waals surface area contributed by atoms with E-state index in [-0.39, 0.29) is 4.75 Å². The standard InChI is InChI=1S/C13H16BrNO2S/c1-13(2,3)18(16)15-11-6-7-17-12-5-4-9(14)8-10(11)12/h4-5,8H,6-7H2,1-3H3/t18-/m0/s1. The van der Waals surface area contributed by atoms with Crippen LogP contribution in [0.3, 0.4) is 0 Å². The van der Waals surface area contributed by atoms with Crippen LogP contribution in [0.25, 0.3) is 0 Å². The lowest BCUT2D eigenvalue weighted by Gasteiger charge is -2.21. The molecule has 1 aliphatic rings. The van der Waals surface area contributed by atoms with E-state index in [0.29, 0.717) is 13.0 Å². The van der Waals surface area contributed by atoms with Crippen LogP contribution in [0.15, 0.2) is 27.1 Å². The SMILES string of the molecule is CC(C)(C)[S@](=O)N=C1CCOc2ccc(Br)cc21. The Balaban J connectivity index is 2.41. The highest BCUT2D eigenvalue weighted by atomic mass is 79.9. The number of hydrogen-bond donors (Lipinski definition) is 0. The maximum absolute atomic E-state index is 12.1. The van der Waals surface area contributed by atoms with Gasteiger partial charge in [-0.3, -0.25) is 0 Å². The van der Waals surface area contributed by atoms with Gasteiger partial charge in [0.05, 0.1) is 17.1 Å². The zero-order valence-corrected chi connectivity index (χ0v) is 13.1. The van der Waals surface area contributed by atoms with Crippen LogP contribution in [-0.2, 0) is 11.0 Å². The highest BCUT2D eigenvalue weighted by Gasteiger charge is 2.23. The van der Waals surface area contributed by atoms with Crippen molar-refractivity contribution in [2.75, 3.05) is 6.61 Å². The summed E-state index contributed by atoms with van der Waals surface area (Å²) in [5.74, 6) is 0.814. The molecule has 1 aliphatic heterocycles. The molecular weight excluding hydrogens is 314 g/mol. The van der Waals surface area contributed by atoms with Gasteiger partial charge >= 0.3 is 0 Å². The maximum Gasteiger partial charge on any atom is 0.145 e. The van der Waals surface area contributed by atoms with E-state index in [1.165, 1.54) is 0 Å². The number of benzene rings is 1. The fraction of sp³-hybridized carbons (Fsp3) is 0.462. The molecule has 3 nitrogen and oxygen atoms in total. The second-order valence-electron chi connectivity index (χ2n) is 5.14. The van der Waals surface area contributed by atoms with Crippen LogP contribution >= 0.6 is 15.9 Å². The van der Waals surface area contributed by atoms with E-state index in [4.69, 9.17) is 4.74 Å². The lowest BCUT2D eigenvalue weighted by atomic mass is 10.0. The second kappa shape index (κ2) is 5.13. The molecule has 0 bridgehead atoms.